The van der Waals surface area contributed by atoms with Crippen molar-refractivity contribution in [1.82, 2.24) is 19.5 Å². The Labute approximate surface area is 164 Å². The smallest absolute Gasteiger partial charge is 0.165 e. The Bertz CT molecular complexity index is 982. The van der Waals surface area contributed by atoms with E-state index in [1.807, 2.05) is 36.7 Å². The van der Waals surface area contributed by atoms with Gasteiger partial charge in [0.15, 0.2) is 5.65 Å². The number of nitrogens with zero attached hydrogens (tertiary/aromatic N) is 4. The average molecular weight is 379 g/mol. The Morgan fingerprint density at radius 2 is 2.14 bits per heavy atom. The maximum Gasteiger partial charge on any atom is 0.165 e. The second kappa shape index (κ2) is 7.41. The lowest BCUT2D eigenvalue weighted by atomic mass is 10.1. The molecule has 28 heavy (non-hydrogen) atoms. The van der Waals surface area contributed by atoms with Crippen molar-refractivity contribution in [2.75, 3.05) is 38.1 Å². The molecule has 0 spiro atoms. The van der Waals surface area contributed by atoms with E-state index >= 15 is 0 Å². The number of aromatic nitrogens is 3. The molecular weight excluding hydrogens is 354 g/mol. The van der Waals surface area contributed by atoms with Crippen LogP contribution in [0.2, 0.25) is 0 Å². The Hall–Kier alpha value is -2.64. The van der Waals surface area contributed by atoms with Gasteiger partial charge in [-0.3, -0.25) is 4.90 Å². The molecule has 0 unspecified atom stereocenters. The van der Waals surface area contributed by atoms with Gasteiger partial charge in [-0.2, -0.15) is 5.10 Å². The third kappa shape index (κ3) is 3.68. The molecule has 0 amide bonds. The SMILES string of the molecule is OCc1cc2cc(c1)-c1cnn3ccc(nc13)NCCN(CC1CC1)CCO2. The lowest BCUT2D eigenvalue weighted by Gasteiger charge is -2.23. The molecule has 0 radical (unpaired) electrons. The van der Waals surface area contributed by atoms with Crippen molar-refractivity contribution in [1.29, 1.82) is 0 Å². The van der Waals surface area contributed by atoms with E-state index in [-0.39, 0.29) is 6.61 Å². The molecule has 1 aliphatic heterocycles. The topological polar surface area (TPSA) is 74.9 Å². The Balaban J connectivity index is 1.53. The van der Waals surface area contributed by atoms with E-state index in [9.17, 15) is 5.11 Å². The molecule has 1 aliphatic carbocycles. The van der Waals surface area contributed by atoms with Gasteiger partial charge in [0.2, 0.25) is 0 Å². The Morgan fingerprint density at radius 1 is 1.21 bits per heavy atom. The van der Waals surface area contributed by atoms with Gasteiger partial charge in [-0.15, -0.1) is 0 Å². The van der Waals surface area contributed by atoms with Crippen LogP contribution in [0.1, 0.15) is 18.4 Å². The molecule has 5 rings (SSSR count). The van der Waals surface area contributed by atoms with Crippen molar-refractivity contribution < 1.29 is 9.84 Å². The maximum atomic E-state index is 9.70. The molecule has 1 aromatic carbocycles. The summed E-state index contributed by atoms with van der Waals surface area (Å²) in [6, 6.07) is 7.85. The van der Waals surface area contributed by atoms with Crippen LogP contribution in [0.15, 0.2) is 36.7 Å². The van der Waals surface area contributed by atoms with Gasteiger partial charge in [-0.1, -0.05) is 0 Å². The fourth-order valence-electron chi connectivity index (χ4n) is 3.76. The number of benzene rings is 1. The van der Waals surface area contributed by atoms with Crippen molar-refractivity contribution in [3.8, 4) is 16.9 Å². The summed E-state index contributed by atoms with van der Waals surface area (Å²) in [6.45, 7) is 4.43. The van der Waals surface area contributed by atoms with Crippen LogP contribution in [0, 0.1) is 5.92 Å². The molecule has 2 aromatic heterocycles. The summed E-state index contributed by atoms with van der Waals surface area (Å²) in [7, 11) is 0. The minimum atomic E-state index is -0.0303. The van der Waals surface area contributed by atoms with Crippen molar-refractivity contribution in [2.45, 2.75) is 19.4 Å². The van der Waals surface area contributed by atoms with Crippen LogP contribution < -0.4 is 10.1 Å². The fraction of sp³-hybridized carbons (Fsp3) is 0.429. The van der Waals surface area contributed by atoms with E-state index in [2.05, 4.69) is 15.3 Å². The van der Waals surface area contributed by atoms with E-state index in [1.54, 1.807) is 4.52 Å². The molecule has 7 heteroatoms. The number of rotatable bonds is 3. The first-order chi connectivity index (χ1) is 13.8. The summed E-state index contributed by atoms with van der Waals surface area (Å²) in [5.74, 6) is 2.47. The molecule has 3 heterocycles. The van der Waals surface area contributed by atoms with E-state index in [0.717, 1.165) is 66.0 Å². The minimum absolute atomic E-state index is 0.0303. The van der Waals surface area contributed by atoms with E-state index in [4.69, 9.17) is 9.72 Å². The van der Waals surface area contributed by atoms with Gasteiger partial charge >= 0.3 is 0 Å². The van der Waals surface area contributed by atoms with Gasteiger partial charge in [0.1, 0.15) is 18.2 Å². The number of hydrogen-bond acceptors (Lipinski definition) is 6. The summed E-state index contributed by atoms with van der Waals surface area (Å²) in [6.07, 6.45) is 6.43. The standard InChI is InChI=1S/C21H25N5O2/c27-14-16-9-17-11-18(10-16)28-8-7-25(13-15-1-2-15)6-4-22-20-3-5-26-21(24-20)19(17)12-23-26/h3,5,9-12,15,27H,1-2,4,6-8,13-14H2,(H,22,24). The molecule has 1 saturated carbocycles. The molecule has 2 aliphatic rings. The molecule has 2 N–H and O–H groups in total. The fourth-order valence-corrected chi connectivity index (χ4v) is 3.76. The number of ether oxygens (including phenoxy) is 1. The zero-order chi connectivity index (χ0) is 18.9. The monoisotopic (exact) mass is 379 g/mol. The highest BCUT2D eigenvalue weighted by Crippen LogP contribution is 2.31. The van der Waals surface area contributed by atoms with Crippen molar-refractivity contribution >= 4 is 11.5 Å². The normalized spacial score (nSPS) is 17.9. The first-order valence-electron chi connectivity index (χ1n) is 9.97. The highest BCUT2D eigenvalue weighted by Gasteiger charge is 2.24. The molecule has 4 bridgehead atoms. The molecular formula is C21H25N5O2. The van der Waals surface area contributed by atoms with Crippen molar-refractivity contribution in [3.05, 3.63) is 42.2 Å². The third-order valence-corrected chi connectivity index (χ3v) is 5.45. The molecule has 3 aromatic rings. The van der Waals surface area contributed by atoms with Crippen molar-refractivity contribution in [3.63, 3.8) is 0 Å². The van der Waals surface area contributed by atoms with Crippen LogP contribution in [0.25, 0.3) is 16.8 Å². The third-order valence-electron chi connectivity index (χ3n) is 5.45. The number of hydrogen-bond donors (Lipinski definition) is 2. The number of nitrogens with one attached hydrogen (secondary N) is 1. The van der Waals surface area contributed by atoms with Gasteiger partial charge in [-0.05, 0) is 54.2 Å². The van der Waals surface area contributed by atoms with Crippen LogP contribution in [0.4, 0.5) is 5.82 Å². The molecule has 1 fully saturated rings. The summed E-state index contributed by atoms with van der Waals surface area (Å²) in [5, 5.41) is 17.6. The lowest BCUT2D eigenvalue weighted by Crippen LogP contribution is -2.34. The van der Waals surface area contributed by atoms with Crippen LogP contribution in [0.5, 0.6) is 5.75 Å². The summed E-state index contributed by atoms with van der Waals surface area (Å²) < 4.78 is 7.85. The van der Waals surface area contributed by atoms with Crippen molar-refractivity contribution in [2.24, 2.45) is 5.92 Å². The van der Waals surface area contributed by atoms with Crippen LogP contribution in [0.3, 0.4) is 0 Å². The van der Waals surface area contributed by atoms with Gasteiger partial charge in [-0.25, -0.2) is 9.50 Å². The van der Waals surface area contributed by atoms with Gasteiger partial charge in [0.05, 0.1) is 12.8 Å². The summed E-state index contributed by atoms with van der Waals surface area (Å²) in [5.41, 5.74) is 3.49. The number of anilines is 1. The van der Waals surface area contributed by atoms with Crippen LogP contribution in [-0.4, -0.2) is 57.4 Å². The first kappa shape index (κ1) is 17.5. The second-order valence-corrected chi connectivity index (χ2v) is 7.68. The average Bonchev–Trinajstić information content (AvgIpc) is 3.42. The van der Waals surface area contributed by atoms with Gasteiger partial charge < -0.3 is 15.2 Å². The second-order valence-electron chi connectivity index (χ2n) is 7.68. The number of fused-ring (bicyclic) bond motifs is 4. The van der Waals surface area contributed by atoms with E-state index in [0.29, 0.717) is 6.61 Å². The van der Waals surface area contributed by atoms with Gasteiger partial charge in [0, 0.05) is 37.9 Å². The summed E-state index contributed by atoms with van der Waals surface area (Å²) >= 11 is 0. The van der Waals surface area contributed by atoms with Crippen LogP contribution >= 0.6 is 0 Å². The highest BCUT2D eigenvalue weighted by molar-refractivity contribution is 5.79. The van der Waals surface area contributed by atoms with E-state index in [1.165, 1.54) is 12.8 Å². The number of aliphatic hydroxyl groups excluding tert-OH is 1. The molecule has 146 valence electrons. The van der Waals surface area contributed by atoms with E-state index < -0.39 is 0 Å². The zero-order valence-corrected chi connectivity index (χ0v) is 15.8. The molecule has 0 saturated heterocycles. The minimum Gasteiger partial charge on any atom is -0.492 e. The molecule has 7 nitrogen and oxygen atoms in total. The zero-order valence-electron chi connectivity index (χ0n) is 15.8. The highest BCUT2D eigenvalue weighted by atomic mass is 16.5. The predicted octanol–water partition coefficient (Wildman–Crippen LogP) is 2.40. The Kier molecular flexibility index (Phi) is 4.62. The van der Waals surface area contributed by atoms with Gasteiger partial charge in [0.25, 0.3) is 0 Å². The predicted molar refractivity (Wildman–Crippen MR) is 107 cm³/mol. The largest absolute Gasteiger partial charge is 0.492 e. The quantitative estimate of drug-likeness (QED) is 0.728. The number of aliphatic hydroxyl groups is 1. The van der Waals surface area contributed by atoms with Crippen LogP contribution in [-0.2, 0) is 6.61 Å². The lowest BCUT2D eigenvalue weighted by molar-refractivity contribution is 0.207. The first-order valence-corrected chi connectivity index (χ1v) is 9.97. The molecule has 0 atom stereocenters. The maximum absolute atomic E-state index is 9.70. The summed E-state index contributed by atoms with van der Waals surface area (Å²) in [4.78, 5) is 7.25. The Morgan fingerprint density at radius 3 is 3.00 bits per heavy atom.